The second kappa shape index (κ2) is 12.6. The van der Waals surface area contributed by atoms with Crippen molar-refractivity contribution < 1.29 is 8.83 Å². The van der Waals surface area contributed by atoms with Crippen molar-refractivity contribution in [1.82, 2.24) is 0 Å². The summed E-state index contributed by atoms with van der Waals surface area (Å²) in [5, 5.41) is 6.88. The van der Waals surface area contributed by atoms with Crippen molar-refractivity contribution in [2.45, 2.75) is 0 Å². The first-order chi connectivity index (χ1) is 27.3. The molecule has 0 atom stereocenters. The number of rotatable bonds is 6. The average molecular weight is 704 g/mol. The van der Waals surface area contributed by atoms with Crippen LogP contribution in [0.15, 0.2) is 209 Å². The summed E-state index contributed by atoms with van der Waals surface area (Å²) >= 11 is 0. The third kappa shape index (κ3) is 5.20. The molecule has 0 aliphatic carbocycles. The highest BCUT2D eigenvalue weighted by Crippen LogP contribution is 2.46. The van der Waals surface area contributed by atoms with Gasteiger partial charge in [-0.15, -0.1) is 0 Å². The summed E-state index contributed by atoms with van der Waals surface area (Å²) in [4.78, 5) is 2.35. The van der Waals surface area contributed by atoms with Crippen molar-refractivity contribution in [3.05, 3.63) is 200 Å². The lowest BCUT2D eigenvalue weighted by molar-refractivity contribution is 0.669. The molecule has 0 amide bonds. The van der Waals surface area contributed by atoms with E-state index in [1.54, 1.807) is 0 Å². The van der Waals surface area contributed by atoms with Crippen LogP contribution in [0.2, 0.25) is 0 Å². The van der Waals surface area contributed by atoms with E-state index in [0.29, 0.717) is 0 Å². The van der Waals surface area contributed by atoms with Crippen molar-refractivity contribution in [3.8, 4) is 33.4 Å². The van der Waals surface area contributed by atoms with Gasteiger partial charge >= 0.3 is 0 Å². The number of hydrogen-bond donors (Lipinski definition) is 0. The average Bonchev–Trinajstić information content (AvgIpc) is 3.84. The fraction of sp³-hybridized carbons (Fsp3) is 0. The molecule has 0 spiro atoms. The Morgan fingerprint density at radius 1 is 0.327 bits per heavy atom. The number of furan rings is 2. The van der Waals surface area contributed by atoms with E-state index in [9.17, 15) is 0 Å². The lowest BCUT2D eigenvalue weighted by Crippen LogP contribution is -2.10. The van der Waals surface area contributed by atoms with Gasteiger partial charge in [-0.3, -0.25) is 0 Å². The van der Waals surface area contributed by atoms with Crippen LogP contribution in [-0.2, 0) is 0 Å². The van der Waals surface area contributed by atoms with Crippen LogP contribution >= 0.6 is 0 Å². The van der Waals surface area contributed by atoms with E-state index >= 15 is 0 Å². The van der Waals surface area contributed by atoms with Crippen LogP contribution in [0.1, 0.15) is 0 Å². The van der Waals surface area contributed by atoms with Crippen molar-refractivity contribution in [3.63, 3.8) is 0 Å². The van der Waals surface area contributed by atoms with E-state index in [1.165, 1.54) is 21.9 Å². The molecule has 11 rings (SSSR count). The first kappa shape index (κ1) is 31.2. The second-order valence-electron chi connectivity index (χ2n) is 14.1. The first-order valence-electron chi connectivity index (χ1n) is 18.7. The summed E-state index contributed by atoms with van der Waals surface area (Å²) < 4.78 is 13.1. The fourth-order valence-corrected chi connectivity index (χ4v) is 8.22. The van der Waals surface area contributed by atoms with E-state index in [1.807, 2.05) is 18.2 Å². The molecule has 2 heterocycles. The van der Waals surface area contributed by atoms with Crippen LogP contribution in [-0.4, -0.2) is 0 Å². The van der Waals surface area contributed by atoms with Crippen molar-refractivity contribution in [1.29, 1.82) is 0 Å². The molecule has 3 heteroatoms. The monoisotopic (exact) mass is 703 g/mol. The molecule has 3 nitrogen and oxygen atoms in total. The summed E-state index contributed by atoms with van der Waals surface area (Å²) in [6.07, 6.45) is 0. The Morgan fingerprint density at radius 2 is 0.873 bits per heavy atom. The van der Waals surface area contributed by atoms with Gasteiger partial charge in [0.25, 0.3) is 0 Å². The van der Waals surface area contributed by atoms with E-state index < -0.39 is 0 Å². The minimum atomic E-state index is 0.849. The Labute approximate surface area is 317 Å². The van der Waals surface area contributed by atoms with Gasteiger partial charge in [0.05, 0.1) is 11.1 Å². The minimum Gasteiger partial charge on any atom is -0.455 e. The summed E-state index contributed by atoms with van der Waals surface area (Å²) in [5.74, 6) is 0. The van der Waals surface area contributed by atoms with Gasteiger partial charge in [-0.2, -0.15) is 0 Å². The fourth-order valence-electron chi connectivity index (χ4n) is 8.22. The predicted octanol–water partition coefficient (Wildman–Crippen LogP) is 15.1. The van der Waals surface area contributed by atoms with E-state index in [4.69, 9.17) is 8.83 Å². The zero-order valence-electron chi connectivity index (χ0n) is 29.8. The molecule has 0 saturated heterocycles. The highest BCUT2D eigenvalue weighted by atomic mass is 16.3. The van der Waals surface area contributed by atoms with Crippen LogP contribution in [0.4, 0.5) is 17.1 Å². The van der Waals surface area contributed by atoms with Crippen LogP contribution < -0.4 is 4.90 Å². The van der Waals surface area contributed by atoms with Crippen LogP contribution in [0.25, 0.3) is 88.0 Å². The standard InChI is InChI=1S/C52H33NO2/c1-2-12-36(13-3-1)42-17-9-19-46-50-47(20-10-22-49(50)55-52(42)46)53(40-29-25-35(26-30-40)39-24-23-34-11-4-5-14-38(34)33-39)41-31-27-37(28-32-41)43-16-8-18-45-44-15-6-7-21-48(44)54-51(43)45/h1-33H. The maximum absolute atomic E-state index is 6.72. The molecule has 0 saturated carbocycles. The van der Waals surface area contributed by atoms with Gasteiger partial charge in [0, 0.05) is 38.7 Å². The summed E-state index contributed by atoms with van der Waals surface area (Å²) in [6, 6.07) is 70.9. The third-order valence-corrected chi connectivity index (χ3v) is 10.9. The molecule has 0 aliphatic heterocycles. The van der Waals surface area contributed by atoms with Crippen molar-refractivity contribution >= 4 is 71.7 Å². The quantitative estimate of drug-likeness (QED) is 0.173. The molecule has 0 unspecified atom stereocenters. The molecule has 11 aromatic rings. The molecule has 258 valence electrons. The smallest absolute Gasteiger partial charge is 0.143 e. The SMILES string of the molecule is c1ccc(-c2cccc3c2oc2cccc(N(c4ccc(-c5ccc6ccccc6c5)cc4)c4ccc(-c5cccc6c5oc5ccccc56)cc4)c23)cc1. The molecule has 55 heavy (non-hydrogen) atoms. The Bertz CT molecular complexity index is 3190. The van der Waals surface area contributed by atoms with Crippen LogP contribution in [0.3, 0.4) is 0 Å². The molecule has 0 aliphatic rings. The first-order valence-corrected chi connectivity index (χ1v) is 18.7. The predicted molar refractivity (Wildman–Crippen MR) is 229 cm³/mol. The molecule has 2 aromatic heterocycles. The molecule has 9 aromatic carbocycles. The van der Waals surface area contributed by atoms with Gasteiger partial charge in [-0.1, -0.05) is 152 Å². The van der Waals surface area contributed by atoms with Gasteiger partial charge in [0.1, 0.15) is 22.3 Å². The number of nitrogens with zero attached hydrogens (tertiary/aromatic N) is 1. The zero-order valence-corrected chi connectivity index (χ0v) is 29.8. The zero-order chi connectivity index (χ0) is 36.3. The highest BCUT2D eigenvalue weighted by Gasteiger charge is 2.21. The minimum absolute atomic E-state index is 0.849. The lowest BCUT2D eigenvalue weighted by Gasteiger charge is -2.26. The molecule has 0 bridgehead atoms. The normalized spacial score (nSPS) is 11.6. The number of benzene rings is 9. The maximum atomic E-state index is 6.72. The lowest BCUT2D eigenvalue weighted by atomic mass is 9.99. The number of hydrogen-bond acceptors (Lipinski definition) is 3. The topological polar surface area (TPSA) is 29.5 Å². The largest absolute Gasteiger partial charge is 0.455 e. The third-order valence-electron chi connectivity index (χ3n) is 10.9. The Kier molecular flexibility index (Phi) is 7.17. The van der Waals surface area contributed by atoms with E-state index in [0.717, 1.165) is 83.2 Å². The Balaban J connectivity index is 1.07. The van der Waals surface area contributed by atoms with Crippen LogP contribution in [0.5, 0.6) is 0 Å². The van der Waals surface area contributed by atoms with Crippen LogP contribution in [0, 0.1) is 0 Å². The molecule has 0 radical (unpaired) electrons. The summed E-state index contributed by atoms with van der Waals surface area (Å²) in [6.45, 7) is 0. The number of para-hydroxylation sites is 3. The molecule has 0 N–H and O–H groups in total. The molecular weight excluding hydrogens is 671 g/mol. The molecule has 0 fully saturated rings. The van der Waals surface area contributed by atoms with Crippen molar-refractivity contribution in [2.24, 2.45) is 0 Å². The summed E-state index contributed by atoms with van der Waals surface area (Å²) in [7, 11) is 0. The Morgan fingerprint density at radius 3 is 1.65 bits per heavy atom. The summed E-state index contributed by atoms with van der Waals surface area (Å²) in [5.41, 5.74) is 13.4. The van der Waals surface area contributed by atoms with Gasteiger partial charge < -0.3 is 13.7 Å². The Hall–Kier alpha value is -7.36. The van der Waals surface area contributed by atoms with E-state index in [2.05, 4.69) is 187 Å². The molecular formula is C52H33NO2. The highest BCUT2D eigenvalue weighted by molar-refractivity contribution is 6.16. The van der Waals surface area contributed by atoms with Gasteiger partial charge in [0.2, 0.25) is 0 Å². The number of anilines is 3. The van der Waals surface area contributed by atoms with Gasteiger partial charge in [-0.05, 0) is 81.6 Å². The second-order valence-corrected chi connectivity index (χ2v) is 14.1. The number of fused-ring (bicyclic) bond motifs is 7. The maximum Gasteiger partial charge on any atom is 0.143 e. The van der Waals surface area contributed by atoms with Gasteiger partial charge in [0.15, 0.2) is 0 Å². The van der Waals surface area contributed by atoms with Crippen molar-refractivity contribution in [2.75, 3.05) is 4.90 Å². The van der Waals surface area contributed by atoms with E-state index in [-0.39, 0.29) is 0 Å². The van der Waals surface area contributed by atoms with Gasteiger partial charge in [-0.25, -0.2) is 0 Å².